The molecule has 2 aliphatic heterocycles. The predicted octanol–water partition coefficient (Wildman–Crippen LogP) is 4.24. The maximum atomic E-state index is 15.3. The SMILES string of the molecule is C=CC(=O)N1CCC(n2ncc3c(N4CC(N(C)C)C4)nc4c(F)c(Br)c(Cl)cc4c32)CC1. The average Bonchev–Trinajstić information content (AvgIpc) is 3.22. The van der Waals surface area contributed by atoms with Crippen molar-refractivity contribution in [1.82, 2.24) is 24.6 Å². The minimum Gasteiger partial charge on any atom is -0.353 e. The Bertz CT molecular complexity index is 1260. The molecule has 33 heavy (non-hydrogen) atoms. The second-order valence-electron chi connectivity index (χ2n) is 8.95. The van der Waals surface area contributed by atoms with E-state index in [1.54, 1.807) is 11.0 Å². The third-order valence-electron chi connectivity index (χ3n) is 6.83. The monoisotopic (exact) mass is 534 g/mol. The van der Waals surface area contributed by atoms with E-state index in [0.29, 0.717) is 29.5 Å². The molecular formula is C23H25BrClFN6O. The highest BCUT2D eigenvalue weighted by atomic mass is 79.9. The highest BCUT2D eigenvalue weighted by Crippen LogP contribution is 2.40. The number of nitrogens with zero attached hydrogens (tertiary/aromatic N) is 6. The first-order chi connectivity index (χ1) is 15.8. The number of halogens is 3. The number of likely N-dealkylation sites (N-methyl/N-ethyl adjacent to an activating group) is 1. The van der Waals surface area contributed by atoms with Gasteiger partial charge in [0.1, 0.15) is 11.3 Å². The lowest BCUT2D eigenvalue weighted by Crippen LogP contribution is -2.57. The number of amides is 1. The van der Waals surface area contributed by atoms with E-state index in [1.807, 2.05) is 10.9 Å². The zero-order valence-corrected chi connectivity index (χ0v) is 20.9. The molecule has 1 aromatic carbocycles. The maximum Gasteiger partial charge on any atom is 0.245 e. The lowest BCUT2D eigenvalue weighted by molar-refractivity contribution is -0.127. The van der Waals surface area contributed by atoms with Crippen molar-refractivity contribution in [3.8, 4) is 0 Å². The van der Waals surface area contributed by atoms with Crippen molar-refractivity contribution in [3.05, 3.63) is 40.2 Å². The molecule has 4 heterocycles. The van der Waals surface area contributed by atoms with Crippen molar-refractivity contribution in [2.75, 3.05) is 45.2 Å². The number of carbonyl (C=O) groups is 1. The highest BCUT2D eigenvalue weighted by Gasteiger charge is 2.33. The molecule has 3 aromatic rings. The summed E-state index contributed by atoms with van der Waals surface area (Å²) in [7, 11) is 4.12. The van der Waals surface area contributed by atoms with E-state index in [0.717, 1.165) is 42.7 Å². The number of piperidine rings is 1. The molecule has 0 atom stereocenters. The Morgan fingerprint density at radius 2 is 2.00 bits per heavy atom. The number of rotatable bonds is 4. The van der Waals surface area contributed by atoms with E-state index in [-0.39, 0.29) is 21.9 Å². The Kier molecular flexibility index (Phi) is 5.83. The van der Waals surface area contributed by atoms with Gasteiger partial charge in [-0.3, -0.25) is 9.48 Å². The fraction of sp³-hybridized carbons (Fsp3) is 0.435. The molecule has 0 N–H and O–H groups in total. The summed E-state index contributed by atoms with van der Waals surface area (Å²) in [5.74, 6) is 0.223. The second-order valence-corrected chi connectivity index (χ2v) is 10.2. The normalized spacial score (nSPS) is 17.9. The van der Waals surface area contributed by atoms with Crippen LogP contribution in [-0.4, -0.2) is 76.8 Å². The van der Waals surface area contributed by atoms with E-state index in [9.17, 15) is 4.79 Å². The Morgan fingerprint density at radius 3 is 2.64 bits per heavy atom. The molecule has 174 valence electrons. The first-order valence-corrected chi connectivity index (χ1v) is 12.1. The molecule has 2 aliphatic rings. The summed E-state index contributed by atoms with van der Waals surface area (Å²) in [6.45, 7) is 6.49. The minimum absolute atomic E-state index is 0.0531. The molecule has 0 saturated carbocycles. The van der Waals surface area contributed by atoms with Crippen molar-refractivity contribution < 1.29 is 9.18 Å². The van der Waals surface area contributed by atoms with E-state index < -0.39 is 5.82 Å². The second kappa shape index (κ2) is 8.52. The van der Waals surface area contributed by atoms with Gasteiger partial charge in [0.15, 0.2) is 5.82 Å². The Morgan fingerprint density at radius 1 is 1.30 bits per heavy atom. The summed E-state index contributed by atoms with van der Waals surface area (Å²) >= 11 is 9.61. The molecule has 2 aromatic heterocycles. The first kappa shape index (κ1) is 22.6. The molecule has 0 aliphatic carbocycles. The summed E-state index contributed by atoms with van der Waals surface area (Å²) in [5.41, 5.74) is 1.12. The van der Waals surface area contributed by atoms with Gasteiger partial charge in [-0.25, -0.2) is 9.37 Å². The zero-order valence-electron chi connectivity index (χ0n) is 18.6. The van der Waals surface area contributed by atoms with Crippen LogP contribution in [0.25, 0.3) is 21.8 Å². The predicted molar refractivity (Wildman–Crippen MR) is 132 cm³/mol. The Balaban J connectivity index is 1.62. The van der Waals surface area contributed by atoms with E-state index in [2.05, 4.69) is 46.4 Å². The van der Waals surface area contributed by atoms with Crippen molar-refractivity contribution in [1.29, 1.82) is 0 Å². The third-order valence-corrected chi connectivity index (χ3v) is 8.14. The Hall–Kier alpha value is -2.23. The van der Waals surface area contributed by atoms with Crippen LogP contribution in [0.1, 0.15) is 18.9 Å². The molecular weight excluding hydrogens is 511 g/mol. The van der Waals surface area contributed by atoms with Gasteiger partial charge in [-0.15, -0.1) is 0 Å². The molecule has 5 rings (SSSR count). The largest absolute Gasteiger partial charge is 0.353 e. The summed E-state index contributed by atoms with van der Waals surface area (Å²) in [5, 5.41) is 6.57. The van der Waals surface area contributed by atoms with Crippen molar-refractivity contribution in [2.24, 2.45) is 0 Å². The van der Waals surface area contributed by atoms with Gasteiger partial charge in [0.25, 0.3) is 0 Å². The number of carbonyl (C=O) groups excluding carboxylic acids is 1. The zero-order chi connectivity index (χ0) is 23.4. The average molecular weight is 536 g/mol. The van der Waals surface area contributed by atoms with Gasteiger partial charge in [0, 0.05) is 37.6 Å². The standard InChI is InChI=1S/C23H25BrClFN6O/c1-4-18(33)30-7-5-13(6-8-30)32-22-15-9-17(25)19(24)20(26)21(15)28-23(16(22)10-27-32)31-11-14(12-31)29(2)3/h4,9-10,13-14H,1,5-8,11-12H2,2-3H3. The van der Waals surface area contributed by atoms with E-state index >= 15 is 4.39 Å². The molecule has 7 nitrogen and oxygen atoms in total. The number of likely N-dealkylation sites (tertiary alicyclic amines) is 1. The number of hydrogen-bond donors (Lipinski definition) is 0. The van der Waals surface area contributed by atoms with E-state index in [1.165, 1.54) is 6.08 Å². The lowest BCUT2D eigenvalue weighted by Gasteiger charge is -2.43. The van der Waals surface area contributed by atoms with Crippen molar-refractivity contribution in [2.45, 2.75) is 24.9 Å². The maximum absolute atomic E-state index is 15.3. The van der Waals surface area contributed by atoms with Crippen LogP contribution >= 0.6 is 27.5 Å². The van der Waals surface area contributed by atoms with Crippen LogP contribution in [0.4, 0.5) is 10.2 Å². The third kappa shape index (κ3) is 3.70. The summed E-state index contributed by atoms with van der Waals surface area (Å²) in [6.07, 6.45) is 4.70. The smallest absolute Gasteiger partial charge is 0.245 e. The van der Waals surface area contributed by atoms with Gasteiger partial charge in [-0.2, -0.15) is 5.10 Å². The van der Waals surface area contributed by atoms with Crippen molar-refractivity contribution >= 4 is 61.1 Å². The van der Waals surface area contributed by atoms with Crippen LogP contribution in [0.15, 0.2) is 29.4 Å². The van der Waals surface area contributed by atoms with Gasteiger partial charge < -0.3 is 14.7 Å². The number of fused-ring (bicyclic) bond motifs is 3. The molecule has 2 saturated heterocycles. The van der Waals surface area contributed by atoms with E-state index in [4.69, 9.17) is 21.7 Å². The number of anilines is 1. The van der Waals surface area contributed by atoms with Crippen LogP contribution in [-0.2, 0) is 4.79 Å². The fourth-order valence-corrected chi connectivity index (χ4v) is 5.26. The van der Waals surface area contributed by atoms with Gasteiger partial charge >= 0.3 is 0 Å². The van der Waals surface area contributed by atoms with Crippen LogP contribution in [0.5, 0.6) is 0 Å². The van der Waals surface area contributed by atoms with Gasteiger partial charge in [-0.1, -0.05) is 18.2 Å². The van der Waals surface area contributed by atoms with Crippen LogP contribution in [0.2, 0.25) is 5.02 Å². The number of hydrogen-bond acceptors (Lipinski definition) is 5. The molecule has 1 amide bonds. The number of pyridine rings is 1. The molecule has 0 radical (unpaired) electrons. The quantitative estimate of drug-likeness (QED) is 0.370. The van der Waals surface area contributed by atoms with Crippen LogP contribution < -0.4 is 4.90 Å². The topological polar surface area (TPSA) is 57.5 Å². The summed E-state index contributed by atoms with van der Waals surface area (Å²) in [4.78, 5) is 22.9. The molecule has 0 spiro atoms. The van der Waals surface area contributed by atoms with Gasteiger partial charge in [-0.05, 0) is 55.0 Å². The number of aromatic nitrogens is 3. The summed E-state index contributed by atoms with van der Waals surface area (Å²) < 4.78 is 17.5. The fourth-order valence-electron chi connectivity index (χ4n) is 4.77. The van der Waals surface area contributed by atoms with Crippen LogP contribution in [0.3, 0.4) is 0 Å². The van der Waals surface area contributed by atoms with Gasteiger partial charge in [0.05, 0.1) is 32.6 Å². The molecule has 2 fully saturated rings. The highest BCUT2D eigenvalue weighted by molar-refractivity contribution is 9.10. The van der Waals surface area contributed by atoms with Crippen molar-refractivity contribution in [3.63, 3.8) is 0 Å². The number of benzene rings is 1. The van der Waals surface area contributed by atoms with Crippen LogP contribution in [0, 0.1) is 5.82 Å². The molecule has 0 unspecified atom stereocenters. The van der Waals surface area contributed by atoms with Gasteiger partial charge in [0.2, 0.25) is 5.91 Å². The lowest BCUT2D eigenvalue weighted by atomic mass is 10.0. The minimum atomic E-state index is -0.468. The molecule has 10 heteroatoms. The summed E-state index contributed by atoms with van der Waals surface area (Å²) in [6, 6.07) is 2.28. The first-order valence-electron chi connectivity index (χ1n) is 11.0. The molecule has 0 bridgehead atoms. The Labute approximate surface area is 204 Å².